The summed E-state index contributed by atoms with van der Waals surface area (Å²) in [6, 6.07) is 43.7. The third-order valence-electron chi connectivity index (χ3n) is 17.5. The molecule has 92 heavy (non-hydrogen) atoms. The molecule has 4 aromatic heterocycles. The Labute approximate surface area is 575 Å². The predicted octanol–water partition coefficient (Wildman–Crippen LogP) is 22.8. The Hall–Kier alpha value is -9.78. The van der Waals surface area contributed by atoms with Crippen LogP contribution in [0.1, 0.15) is 163 Å². The van der Waals surface area contributed by atoms with Gasteiger partial charge in [-0.2, -0.15) is 0 Å². The van der Waals surface area contributed by atoms with Gasteiger partial charge in [0.2, 0.25) is 0 Å². The van der Waals surface area contributed by atoms with Crippen molar-refractivity contribution in [3.8, 4) is 73.2 Å². The van der Waals surface area contributed by atoms with Crippen molar-refractivity contribution in [2.24, 2.45) is 0 Å². The maximum Gasteiger partial charge on any atom is 0.269 e. The summed E-state index contributed by atoms with van der Waals surface area (Å²) in [6.45, 7) is 2.20. The topological polar surface area (TPSA) is 49.0 Å². The number of nitrogens with zero attached hydrogens (tertiary/aromatic N) is 4. The van der Waals surface area contributed by atoms with Crippen LogP contribution in [0.15, 0.2) is 229 Å². The summed E-state index contributed by atoms with van der Waals surface area (Å²) in [6.07, 6.45) is -4.07. The molecule has 15 rings (SSSR count). The van der Waals surface area contributed by atoms with Gasteiger partial charge in [0, 0.05) is 55.7 Å². The normalized spacial score (nSPS) is 19.7. The lowest BCUT2D eigenvalue weighted by Gasteiger charge is -2.42. The van der Waals surface area contributed by atoms with Gasteiger partial charge in [-0.3, -0.25) is 13.7 Å². The Morgan fingerprint density at radius 2 is 1.22 bits per heavy atom. The highest BCUT2D eigenvalue weighted by Crippen LogP contribution is 2.49. The fourth-order valence-corrected chi connectivity index (χ4v) is 12.6. The van der Waals surface area contributed by atoms with Crippen molar-refractivity contribution in [2.45, 2.75) is 130 Å². The number of hydrogen-bond donors (Lipinski definition) is 0. The molecule has 0 spiro atoms. The zero-order valence-electron chi connectivity index (χ0n) is 76.3. The van der Waals surface area contributed by atoms with Gasteiger partial charge in [0.25, 0.3) is 6.33 Å². The van der Waals surface area contributed by atoms with E-state index in [1.165, 1.54) is 33.9 Å². The van der Waals surface area contributed by atoms with Crippen LogP contribution in [-0.4, -0.2) is 14.1 Å². The number of imidazole rings is 1. The zero-order valence-corrected chi connectivity index (χ0v) is 52.3. The van der Waals surface area contributed by atoms with Gasteiger partial charge in [-0.15, -0.1) is 0 Å². The van der Waals surface area contributed by atoms with Gasteiger partial charge in [-0.1, -0.05) is 229 Å². The number of pyridine rings is 1. The van der Waals surface area contributed by atoms with Crippen LogP contribution in [0.25, 0.3) is 116 Å². The van der Waals surface area contributed by atoms with Crippen LogP contribution in [0, 0.1) is 6.33 Å². The Morgan fingerprint density at radius 1 is 0.522 bits per heavy atom. The molecule has 0 saturated heterocycles. The van der Waals surface area contributed by atoms with Crippen LogP contribution in [0.4, 0.5) is 0 Å². The first-order valence-corrected chi connectivity index (χ1v) is 30.6. The van der Waals surface area contributed by atoms with E-state index in [9.17, 15) is 12.3 Å². The van der Waals surface area contributed by atoms with Gasteiger partial charge >= 0.3 is 0 Å². The fourth-order valence-electron chi connectivity index (χ4n) is 12.6. The molecule has 10 aromatic carbocycles. The molecule has 6 nitrogen and oxygen atoms in total. The maximum atomic E-state index is 10.5. The number of benzene rings is 10. The number of hydrogen-bond acceptors (Lipinski definition) is 3. The van der Waals surface area contributed by atoms with E-state index in [0.29, 0.717) is 44.8 Å². The second-order valence-corrected chi connectivity index (χ2v) is 27.0. The van der Waals surface area contributed by atoms with E-state index in [1.807, 2.05) is 66.7 Å². The summed E-state index contributed by atoms with van der Waals surface area (Å²) in [7, 11) is 0. The average molecular weight is 1230 g/mol. The smallest absolute Gasteiger partial charge is 0.269 e. The minimum Gasteiger partial charge on any atom is -0.458 e. The van der Waals surface area contributed by atoms with Crippen molar-refractivity contribution in [2.75, 3.05) is 0 Å². The number of fused-ring (bicyclic) bond motifs is 8. The minimum absolute atomic E-state index is 0.132. The quantitative estimate of drug-likeness (QED) is 0.107. The van der Waals surface area contributed by atoms with E-state index in [1.54, 1.807) is 53.2 Å². The first-order chi connectivity index (χ1) is 53.8. The van der Waals surface area contributed by atoms with E-state index < -0.39 is 127 Å². The third kappa shape index (κ3) is 10.2. The van der Waals surface area contributed by atoms with Gasteiger partial charge in [0.05, 0.1) is 44.4 Å². The summed E-state index contributed by atoms with van der Waals surface area (Å²) < 4.78 is 243. The highest BCUT2D eigenvalue weighted by atomic mass is 16.5. The summed E-state index contributed by atoms with van der Waals surface area (Å²) in [4.78, 5) is 4.99. The van der Waals surface area contributed by atoms with Crippen LogP contribution in [0.3, 0.4) is 0 Å². The number of para-hydroxylation sites is 1. The molecule has 0 fully saturated rings. The Balaban J connectivity index is 1.02. The SMILES string of the molecule is [2H]c1c([2H])c([2H])c(-c2cccc(-c3c([2H])c([2H])c4c(c3[2H])C(C([2H])([2H])[2H])(C([2H])([2H])[2H])C([2H])([2H])C([2H])([2H])C4(C([2H])([2H])[2H])C([2H])([2H])[2H])c2-[n+]2[c-]n(-c3cccc(Oc4ccc5c6cc(-c7cc(C(C)(C)C)cc(C(C)(C)C)c7)ccc6n(-c6cc(C(C)(C)C)ccn6)c5c4)c3)c3cc4oc5cccc(-c6ccccc6)c5c4cc32)c([2H])c1[2H]. The van der Waals surface area contributed by atoms with Gasteiger partial charge < -0.3 is 9.15 Å². The van der Waals surface area contributed by atoms with Crippen molar-refractivity contribution in [3.63, 3.8) is 0 Å². The van der Waals surface area contributed by atoms with Crippen LogP contribution in [0.2, 0.25) is 0 Å². The second-order valence-electron chi connectivity index (χ2n) is 27.0. The summed E-state index contributed by atoms with van der Waals surface area (Å²) in [5.74, 6) is 1.36. The molecule has 0 amide bonds. The number of aromatic nitrogens is 4. The number of rotatable bonds is 9. The van der Waals surface area contributed by atoms with Gasteiger partial charge in [0.1, 0.15) is 28.5 Å². The lowest BCUT2D eigenvalue weighted by molar-refractivity contribution is -0.571. The molecule has 0 atom stereocenters. The Bertz CT molecular complexity index is 6350. The van der Waals surface area contributed by atoms with Crippen LogP contribution >= 0.6 is 0 Å². The lowest BCUT2D eigenvalue weighted by atomic mass is 9.63. The summed E-state index contributed by atoms with van der Waals surface area (Å²) >= 11 is 0. The molecule has 4 heterocycles. The highest BCUT2D eigenvalue weighted by molar-refractivity contribution is 6.15. The van der Waals surface area contributed by atoms with Gasteiger partial charge in [-0.05, 0) is 185 Å². The molecule has 1 aliphatic carbocycles. The minimum atomic E-state index is -4.66. The van der Waals surface area contributed by atoms with Crippen LogP contribution in [0.5, 0.6) is 11.5 Å². The highest BCUT2D eigenvalue weighted by Gasteiger charge is 2.37. The lowest BCUT2D eigenvalue weighted by Crippen LogP contribution is -2.34. The van der Waals surface area contributed by atoms with E-state index in [4.69, 9.17) is 34.7 Å². The molecule has 0 radical (unpaired) electrons. The second kappa shape index (κ2) is 21.4. The standard InChI is InChI=1S/C86H80N4O2/c1-82(2,3)59-39-42-87-79(48-59)90-73-38-34-56(58-43-60(83(4,5)6)47-61(44-58)84(7,8)9)45-69(73)68-36-35-64(50-74(68)90)91-63-28-20-27-62(49-63)88-53-89(75-51-70-78(52-76(75)88)92-77-32-22-29-65(80(70)77)54-23-16-14-17-24-54)81-66(55-25-18-15-19-26-55)30-21-31-67(81)57-33-37-71-72(46-57)86(12,13)41-40-85(71,10)11/h14-39,42-52H,40-41H2,1-13H3/i10D3,11D3,12D3,13D3,15D,18D,19D,25D,26D,33D,37D,40D2,41D2,46D. The summed E-state index contributed by atoms with van der Waals surface area (Å²) in [5.41, 5.74) is -5.42. The van der Waals surface area contributed by atoms with E-state index in [-0.39, 0.29) is 44.3 Å². The molecule has 0 aliphatic heterocycles. The maximum absolute atomic E-state index is 10.5. The first kappa shape index (κ1) is 37.5. The molecule has 0 unspecified atom stereocenters. The average Bonchev–Trinajstić information content (AvgIpc) is 0.747. The van der Waals surface area contributed by atoms with Crippen molar-refractivity contribution < 1.29 is 46.6 Å². The van der Waals surface area contributed by atoms with Gasteiger partial charge in [0.15, 0.2) is 0 Å². The summed E-state index contributed by atoms with van der Waals surface area (Å²) in [5, 5.41) is 2.93. The van der Waals surface area contributed by atoms with Crippen molar-refractivity contribution in [1.82, 2.24) is 14.1 Å². The van der Waals surface area contributed by atoms with Crippen molar-refractivity contribution in [3.05, 3.63) is 259 Å². The molecule has 0 N–H and O–H groups in total. The molecule has 0 bridgehead atoms. The zero-order chi connectivity index (χ0) is 84.4. The fraction of sp³-hybridized carbons (Fsp3) is 0.233. The van der Waals surface area contributed by atoms with Gasteiger partial charge in [-0.25, -0.2) is 4.98 Å². The molecule has 0 saturated carbocycles. The van der Waals surface area contributed by atoms with Crippen molar-refractivity contribution >= 4 is 54.8 Å². The Morgan fingerprint density at radius 3 is 1.96 bits per heavy atom. The van der Waals surface area contributed by atoms with Crippen LogP contribution < -0.4 is 9.30 Å². The third-order valence-corrected chi connectivity index (χ3v) is 17.5. The molecule has 6 heteroatoms. The van der Waals surface area contributed by atoms with E-state index >= 15 is 0 Å². The largest absolute Gasteiger partial charge is 0.458 e. The molecule has 1 aliphatic rings. The van der Waals surface area contributed by atoms with Crippen LogP contribution in [-0.2, 0) is 27.1 Å². The van der Waals surface area contributed by atoms with Crippen molar-refractivity contribution in [1.29, 1.82) is 0 Å². The molecular formula is C86H80N4O2. The predicted molar refractivity (Wildman–Crippen MR) is 383 cm³/mol. The molecule has 456 valence electrons. The van der Waals surface area contributed by atoms with E-state index in [0.717, 1.165) is 44.1 Å². The Kier molecular flexibility index (Phi) is 8.74. The number of ether oxygens (including phenoxy) is 1. The first-order valence-electron chi connectivity index (χ1n) is 42.6. The van der Waals surface area contributed by atoms with E-state index in [2.05, 4.69) is 116 Å². The monoisotopic (exact) mass is 1220 g/mol. The molecular weight excluding hydrogens is 1120 g/mol. The number of furan rings is 1. The molecule has 14 aromatic rings.